The molecule has 0 atom stereocenters. The number of ether oxygens (including phenoxy) is 1. The van der Waals surface area contributed by atoms with Crippen LogP contribution in [0.4, 0.5) is 0 Å². The molecule has 0 N–H and O–H groups in total. The van der Waals surface area contributed by atoms with E-state index in [0.29, 0.717) is 32.5 Å². The second-order valence-corrected chi connectivity index (χ2v) is 7.17. The fourth-order valence-electron chi connectivity index (χ4n) is 2.57. The average molecular weight is 389 g/mol. The Morgan fingerprint density at radius 1 is 1.31 bits per heavy atom. The standard InChI is InChI=1S/C19H17ClN2O3S/c1-11-8-16(17(25-3)9-14(11)20)22-18(24)13-6-4-5-7-15(13)21-19(22)26-10-12(2)23/h4-9H,10H2,1-3H3. The summed E-state index contributed by atoms with van der Waals surface area (Å²) < 4.78 is 6.92. The van der Waals surface area contributed by atoms with Crippen LogP contribution in [0, 0.1) is 6.92 Å². The number of hydrogen-bond acceptors (Lipinski definition) is 5. The predicted octanol–water partition coefficient (Wildman–Crippen LogP) is 4.04. The number of fused-ring (bicyclic) bond motifs is 1. The highest BCUT2D eigenvalue weighted by atomic mass is 35.5. The molecule has 3 aromatic rings. The highest BCUT2D eigenvalue weighted by molar-refractivity contribution is 7.99. The van der Waals surface area contributed by atoms with Gasteiger partial charge in [-0.1, -0.05) is 35.5 Å². The molecule has 1 heterocycles. The van der Waals surface area contributed by atoms with E-state index in [1.165, 1.54) is 30.4 Å². The number of carbonyl (C=O) groups excluding carboxylic acids is 1. The minimum absolute atomic E-state index is 0.00297. The van der Waals surface area contributed by atoms with Crippen LogP contribution in [-0.2, 0) is 4.79 Å². The van der Waals surface area contributed by atoms with Gasteiger partial charge in [-0.25, -0.2) is 4.98 Å². The number of aryl methyl sites for hydroxylation is 1. The Kier molecular flexibility index (Phi) is 5.34. The van der Waals surface area contributed by atoms with Gasteiger partial charge in [0.25, 0.3) is 5.56 Å². The van der Waals surface area contributed by atoms with Crippen molar-refractivity contribution in [3.63, 3.8) is 0 Å². The number of nitrogens with zero attached hydrogens (tertiary/aromatic N) is 2. The maximum absolute atomic E-state index is 13.2. The molecular formula is C19H17ClN2O3S. The highest BCUT2D eigenvalue weighted by Crippen LogP contribution is 2.31. The van der Waals surface area contributed by atoms with E-state index in [9.17, 15) is 9.59 Å². The number of para-hydroxylation sites is 1. The molecule has 26 heavy (non-hydrogen) atoms. The second kappa shape index (κ2) is 7.51. The smallest absolute Gasteiger partial charge is 0.266 e. The molecule has 7 heteroatoms. The number of halogens is 1. The van der Waals surface area contributed by atoms with E-state index in [1.807, 2.05) is 13.0 Å². The van der Waals surface area contributed by atoms with Crippen LogP contribution >= 0.6 is 23.4 Å². The first-order chi connectivity index (χ1) is 12.4. The summed E-state index contributed by atoms with van der Waals surface area (Å²) in [6, 6.07) is 10.6. The molecule has 0 saturated heterocycles. The molecule has 0 unspecified atom stereocenters. The van der Waals surface area contributed by atoms with Crippen LogP contribution in [0.3, 0.4) is 0 Å². The molecular weight excluding hydrogens is 372 g/mol. The molecule has 134 valence electrons. The van der Waals surface area contributed by atoms with Crippen LogP contribution in [0.25, 0.3) is 16.6 Å². The largest absolute Gasteiger partial charge is 0.495 e. The van der Waals surface area contributed by atoms with Crippen LogP contribution in [0.15, 0.2) is 46.3 Å². The minimum atomic E-state index is -0.221. The van der Waals surface area contributed by atoms with Crippen molar-refractivity contribution < 1.29 is 9.53 Å². The number of rotatable bonds is 5. The molecule has 0 saturated carbocycles. The van der Waals surface area contributed by atoms with Gasteiger partial charge in [-0.05, 0) is 37.6 Å². The van der Waals surface area contributed by atoms with Crippen molar-refractivity contribution in [1.29, 1.82) is 0 Å². The Hall–Kier alpha value is -2.31. The van der Waals surface area contributed by atoms with E-state index < -0.39 is 0 Å². The molecule has 5 nitrogen and oxygen atoms in total. The third-order valence-electron chi connectivity index (χ3n) is 3.85. The SMILES string of the molecule is COc1cc(Cl)c(C)cc1-n1c(SCC(C)=O)nc2ccccc2c1=O. The summed E-state index contributed by atoms with van der Waals surface area (Å²) in [5, 5.41) is 1.48. The van der Waals surface area contributed by atoms with Crippen LogP contribution in [-0.4, -0.2) is 28.2 Å². The zero-order valence-electron chi connectivity index (χ0n) is 14.6. The summed E-state index contributed by atoms with van der Waals surface area (Å²) in [6.45, 7) is 3.36. The summed E-state index contributed by atoms with van der Waals surface area (Å²) in [7, 11) is 1.52. The maximum Gasteiger partial charge on any atom is 0.266 e. The summed E-state index contributed by atoms with van der Waals surface area (Å²) in [4.78, 5) is 29.2. The Labute approximate surface area is 160 Å². The van der Waals surface area contributed by atoms with Gasteiger partial charge in [0.15, 0.2) is 5.16 Å². The molecule has 0 aliphatic carbocycles. The zero-order chi connectivity index (χ0) is 18.8. The molecule has 0 aliphatic heterocycles. The number of thioether (sulfide) groups is 1. The minimum Gasteiger partial charge on any atom is -0.495 e. The summed E-state index contributed by atoms with van der Waals surface area (Å²) in [6.07, 6.45) is 0. The molecule has 0 radical (unpaired) electrons. The van der Waals surface area contributed by atoms with Crippen LogP contribution < -0.4 is 10.3 Å². The molecule has 0 amide bonds. The quantitative estimate of drug-likeness (QED) is 0.487. The number of carbonyl (C=O) groups is 1. The van der Waals surface area contributed by atoms with Gasteiger partial charge >= 0.3 is 0 Å². The molecule has 0 fully saturated rings. The summed E-state index contributed by atoms with van der Waals surface area (Å²) in [5.74, 6) is 0.687. The molecule has 2 aromatic carbocycles. The third kappa shape index (κ3) is 3.48. The van der Waals surface area contributed by atoms with Crippen LogP contribution in [0.2, 0.25) is 5.02 Å². The maximum atomic E-state index is 13.2. The van der Waals surface area contributed by atoms with E-state index in [2.05, 4.69) is 4.98 Å². The van der Waals surface area contributed by atoms with Crippen molar-refractivity contribution in [2.45, 2.75) is 19.0 Å². The first-order valence-corrected chi connectivity index (χ1v) is 9.27. The number of benzene rings is 2. The van der Waals surface area contributed by atoms with E-state index in [0.717, 1.165) is 5.56 Å². The third-order valence-corrected chi connectivity index (χ3v) is 5.34. The van der Waals surface area contributed by atoms with Crippen molar-refractivity contribution >= 4 is 40.0 Å². The molecule has 1 aromatic heterocycles. The van der Waals surface area contributed by atoms with Crippen molar-refractivity contribution in [1.82, 2.24) is 9.55 Å². The van der Waals surface area contributed by atoms with Gasteiger partial charge in [0.2, 0.25) is 0 Å². The number of methoxy groups -OCH3 is 1. The van der Waals surface area contributed by atoms with Crippen LogP contribution in [0.1, 0.15) is 12.5 Å². The Morgan fingerprint density at radius 3 is 2.73 bits per heavy atom. The summed E-state index contributed by atoms with van der Waals surface area (Å²) >= 11 is 7.42. The number of Topliss-reactive ketones (excluding diaryl/α,β-unsaturated/α-hetero) is 1. The number of aromatic nitrogens is 2. The van der Waals surface area contributed by atoms with Gasteiger partial charge in [-0.3, -0.25) is 14.2 Å². The molecule has 0 bridgehead atoms. The molecule has 0 spiro atoms. The predicted molar refractivity (Wildman–Crippen MR) is 105 cm³/mol. The Balaban J connectivity index is 2.35. The van der Waals surface area contributed by atoms with E-state index in [-0.39, 0.29) is 17.1 Å². The van der Waals surface area contributed by atoms with Crippen molar-refractivity contribution in [3.05, 3.63) is 57.3 Å². The topological polar surface area (TPSA) is 61.2 Å². The summed E-state index contributed by atoms with van der Waals surface area (Å²) in [5.41, 5.74) is 1.72. The fraction of sp³-hybridized carbons (Fsp3) is 0.211. The monoisotopic (exact) mass is 388 g/mol. The lowest BCUT2D eigenvalue weighted by atomic mass is 10.2. The van der Waals surface area contributed by atoms with Crippen molar-refractivity contribution in [2.24, 2.45) is 0 Å². The van der Waals surface area contributed by atoms with E-state index in [1.54, 1.807) is 30.3 Å². The van der Waals surface area contributed by atoms with Gasteiger partial charge < -0.3 is 4.74 Å². The first kappa shape index (κ1) is 18.5. The van der Waals surface area contributed by atoms with E-state index in [4.69, 9.17) is 16.3 Å². The van der Waals surface area contributed by atoms with Gasteiger partial charge in [-0.2, -0.15) is 0 Å². The molecule has 3 rings (SSSR count). The normalized spacial score (nSPS) is 10.9. The number of hydrogen-bond donors (Lipinski definition) is 0. The Morgan fingerprint density at radius 2 is 2.04 bits per heavy atom. The lowest BCUT2D eigenvalue weighted by Crippen LogP contribution is -2.22. The van der Waals surface area contributed by atoms with Gasteiger partial charge in [0.05, 0.1) is 29.5 Å². The Bertz CT molecular complexity index is 1060. The highest BCUT2D eigenvalue weighted by Gasteiger charge is 2.18. The second-order valence-electron chi connectivity index (χ2n) is 5.82. The fourth-order valence-corrected chi connectivity index (χ4v) is 3.53. The average Bonchev–Trinajstić information content (AvgIpc) is 2.62. The zero-order valence-corrected chi connectivity index (χ0v) is 16.1. The van der Waals surface area contributed by atoms with Gasteiger partial charge in [0, 0.05) is 11.1 Å². The van der Waals surface area contributed by atoms with E-state index >= 15 is 0 Å². The van der Waals surface area contributed by atoms with Gasteiger partial charge in [-0.15, -0.1) is 0 Å². The first-order valence-electron chi connectivity index (χ1n) is 7.91. The number of ketones is 1. The lowest BCUT2D eigenvalue weighted by molar-refractivity contribution is -0.114. The van der Waals surface area contributed by atoms with Gasteiger partial charge in [0.1, 0.15) is 11.5 Å². The molecule has 0 aliphatic rings. The lowest BCUT2D eigenvalue weighted by Gasteiger charge is -2.16. The van der Waals surface area contributed by atoms with Crippen molar-refractivity contribution in [2.75, 3.05) is 12.9 Å². The van der Waals surface area contributed by atoms with Crippen molar-refractivity contribution in [3.8, 4) is 11.4 Å². The van der Waals surface area contributed by atoms with Crippen LogP contribution in [0.5, 0.6) is 5.75 Å².